The van der Waals surface area contributed by atoms with Crippen LogP contribution in [0.3, 0.4) is 0 Å². The van der Waals surface area contributed by atoms with Crippen molar-refractivity contribution in [1.82, 2.24) is 9.80 Å². The second kappa shape index (κ2) is 7.00. The minimum atomic E-state index is 0.343. The van der Waals surface area contributed by atoms with Gasteiger partial charge in [-0.15, -0.1) is 11.3 Å². The van der Waals surface area contributed by atoms with Gasteiger partial charge in [-0.3, -0.25) is 4.90 Å². The molecule has 0 spiro atoms. The largest absolute Gasteiger partial charge is 0.329 e. The lowest BCUT2D eigenvalue weighted by Crippen LogP contribution is -2.52. The van der Waals surface area contributed by atoms with E-state index in [0.29, 0.717) is 18.6 Å². The second-order valence-electron chi connectivity index (χ2n) is 5.06. The van der Waals surface area contributed by atoms with E-state index in [1.807, 2.05) is 0 Å². The SMILES string of the molecule is CCC1CN(C(CN)c2cc(Br)c(Br)s2)CCN1C. The Morgan fingerprint density at radius 2 is 2.21 bits per heavy atom. The number of hydrogen-bond donors (Lipinski definition) is 1. The fourth-order valence-corrected chi connectivity index (χ4v) is 4.90. The van der Waals surface area contributed by atoms with Gasteiger partial charge < -0.3 is 10.6 Å². The summed E-state index contributed by atoms with van der Waals surface area (Å²) in [7, 11) is 2.22. The molecule has 2 atom stereocenters. The predicted octanol–water partition coefficient (Wildman–Crippen LogP) is 3.30. The van der Waals surface area contributed by atoms with Crippen LogP contribution in [0.1, 0.15) is 24.3 Å². The Balaban J connectivity index is 2.13. The van der Waals surface area contributed by atoms with Crippen LogP contribution in [-0.4, -0.2) is 49.1 Å². The highest BCUT2D eigenvalue weighted by atomic mass is 79.9. The molecule has 19 heavy (non-hydrogen) atoms. The molecule has 0 bridgehead atoms. The number of nitrogens with two attached hydrogens (primary N) is 1. The van der Waals surface area contributed by atoms with Crippen molar-refractivity contribution in [3.63, 3.8) is 0 Å². The summed E-state index contributed by atoms with van der Waals surface area (Å²) in [4.78, 5) is 6.35. The number of halogens is 2. The lowest BCUT2D eigenvalue weighted by atomic mass is 10.1. The summed E-state index contributed by atoms with van der Waals surface area (Å²) in [5.74, 6) is 0. The van der Waals surface area contributed by atoms with Gasteiger partial charge in [0.25, 0.3) is 0 Å². The Kier molecular flexibility index (Phi) is 5.87. The normalized spacial score (nSPS) is 23.7. The van der Waals surface area contributed by atoms with E-state index in [0.717, 1.165) is 27.9 Å². The molecule has 2 N–H and O–H groups in total. The molecule has 6 heteroatoms. The van der Waals surface area contributed by atoms with Gasteiger partial charge in [-0.25, -0.2) is 0 Å². The van der Waals surface area contributed by atoms with Gasteiger partial charge in [0.05, 0.1) is 9.83 Å². The molecule has 108 valence electrons. The van der Waals surface area contributed by atoms with E-state index >= 15 is 0 Å². The first-order chi connectivity index (χ1) is 9.06. The molecule has 1 saturated heterocycles. The summed E-state index contributed by atoms with van der Waals surface area (Å²) in [5.41, 5.74) is 6.04. The van der Waals surface area contributed by atoms with Crippen LogP contribution < -0.4 is 5.73 Å². The number of piperazine rings is 1. The number of rotatable bonds is 4. The monoisotopic (exact) mass is 409 g/mol. The highest BCUT2D eigenvalue weighted by Crippen LogP contribution is 2.37. The molecule has 2 rings (SSSR count). The van der Waals surface area contributed by atoms with Crippen LogP contribution in [0, 0.1) is 0 Å². The van der Waals surface area contributed by atoms with Gasteiger partial charge in [-0.1, -0.05) is 6.92 Å². The molecule has 0 saturated carbocycles. The van der Waals surface area contributed by atoms with Crippen LogP contribution in [0.15, 0.2) is 14.3 Å². The molecule has 0 aliphatic carbocycles. The lowest BCUT2D eigenvalue weighted by Gasteiger charge is -2.42. The maximum atomic E-state index is 6.04. The maximum Gasteiger partial charge on any atom is 0.0843 e. The molecule has 0 radical (unpaired) electrons. The van der Waals surface area contributed by atoms with Gasteiger partial charge >= 0.3 is 0 Å². The molecule has 1 aromatic heterocycles. The summed E-state index contributed by atoms with van der Waals surface area (Å²) in [6.45, 7) is 6.28. The van der Waals surface area contributed by atoms with Gasteiger partial charge in [0.15, 0.2) is 0 Å². The van der Waals surface area contributed by atoms with Crippen LogP contribution >= 0.6 is 43.2 Å². The average Bonchev–Trinajstić information content (AvgIpc) is 2.72. The molecule has 1 aliphatic rings. The van der Waals surface area contributed by atoms with Crippen LogP contribution in [0.5, 0.6) is 0 Å². The Bertz CT molecular complexity index is 405. The van der Waals surface area contributed by atoms with Crippen molar-refractivity contribution in [2.24, 2.45) is 5.73 Å². The zero-order chi connectivity index (χ0) is 14.0. The summed E-state index contributed by atoms with van der Waals surface area (Å²) in [5, 5.41) is 0. The molecule has 2 unspecified atom stereocenters. The van der Waals surface area contributed by atoms with E-state index in [-0.39, 0.29) is 0 Å². The van der Waals surface area contributed by atoms with Gasteiger partial charge in [0, 0.05) is 41.6 Å². The first-order valence-corrected chi connectivity index (χ1v) is 9.06. The van der Waals surface area contributed by atoms with E-state index in [9.17, 15) is 0 Å². The fraction of sp³-hybridized carbons (Fsp3) is 0.692. The molecule has 3 nitrogen and oxygen atoms in total. The quantitative estimate of drug-likeness (QED) is 0.826. The third-order valence-electron chi connectivity index (χ3n) is 3.94. The second-order valence-corrected chi connectivity index (χ2v) is 8.32. The Morgan fingerprint density at radius 3 is 2.74 bits per heavy atom. The number of hydrogen-bond acceptors (Lipinski definition) is 4. The van der Waals surface area contributed by atoms with Crippen molar-refractivity contribution in [3.05, 3.63) is 19.2 Å². The van der Waals surface area contributed by atoms with Crippen molar-refractivity contribution < 1.29 is 0 Å². The highest BCUT2D eigenvalue weighted by molar-refractivity contribution is 9.13. The Morgan fingerprint density at radius 1 is 1.47 bits per heavy atom. The van der Waals surface area contributed by atoms with Crippen molar-refractivity contribution in [1.29, 1.82) is 0 Å². The third kappa shape index (κ3) is 3.60. The zero-order valence-electron chi connectivity index (χ0n) is 11.4. The van der Waals surface area contributed by atoms with Crippen LogP contribution in [0.25, 0.3) is 0 Å². The van der Waals surface area contributed by atoms with Crippen molar-refractivity contribution in [3.8, 4) is 0 Å². The molecule has 1 aromatic rings. The third-order valence-corrected chi connectivity index (χ3v) is 7.29. The molecule has 0 amide bonds. The Hall–Kier alpha value is 0.540. The molecule has 1 fully saturated rings. The molecular weight excluding hydrogens is 390 g/mol. The number of thiophene rings is 1. The summed E-state index contributed by atoms with van der Waals surface area (Å²) < 4.78 is 2.29. The highest BCUT2D eigenvalue weighted by Gasteiger charge is 2.29. The Labute approximate surface area is 136 Å². The zero-order valence-corrected chi connectivity index (χ0v) is 15.4. The smallest absolute Gasteiger partial charge is 0.0843 e. The van der Waals surface area contributed by atoms with Crippen LogP contribution in [-0.2, 0) is 0 Å². The summed E-state index contributed by atoms with van der Waals surface area (Å²) >= 11 is 8.93. The molecule has 1 aliphatic heterocycles. The summed E-state index contributed by atoms with van der Waals surface area (Å²) in [6, 6.07) is 3.19. The van der Waals surface area contributed by atoms with Crippen molar-refractivity contribution >= 4 is 43.2 Å². The minimum Gasteiger partial charge on any atom is -0.329 e. The van der Waals surface area contributed by atoms with Gasteiger partial charge in [0.2, 0.25) is 0 Å². The van der Waals surface area contributed by atoms with E-state index in [1.54, 1.807) is 11.3 Å². The lowest BCUT2D eigenvalue weighted by molar-refractivity contribution is 0.0654. The minimum absolute atomic E-state index is 0.343. The number of likely N-dealkylation sites (N-methyl/N-ethyl adjacent to an activating group) is 1. The van der Waals surface area contributed by atoms with E-state index in [4.69, 9.17) is 5.73 Å². The van der Waals surface area contributed by atoms with E-state index in [1.165, 1.54) is 11.3 Å². The van der Waals surface area contributed by atoms with Crippen molar-refractivity contribution in [2.75, 3.05) is 33.2 Å². The molecule has 2 heterocycles. The van der Waals surface area contributed by atoms with Gasteiger partial charge in [-0.05, 0) is 51.4 Å². The standard InChI is InChI=1S/C13H21Br2N3S/c1-3-9-8-18(5-4-17(9)2)11(7-16)12-6-10(14)13(15)19-12/h6,9,11H,3-5,7-8,16H2,1-2H3. The van der Waals surface area contributed by atoms with Crippen LogP contribution in [0.2, 0.25) is 0 Å². The van der Waals surface area contributed by atoms with Crippen molar-refractivity contribution in [2.45, 2.75) is 25.4 Å². The molecular formula is C13H21Br2N3S. The maximum absolute atomic E-state index is 6.04. The first-order valence-electron chi connectivity index (χ1n) is 6.65. The fourth-order valence-electron chi connectivity index (χ4n) is 2.67. The number of nitrogens with zero attached hydrogens (tertiary/aromatic N) is 2. The van der Waals surface area contributed by atoms with Gasteiger partial charge in [-0.2, -0.15) is 0 Å². The molecule has 0 aromatic carbocycles. The summed E-state index contributed by atoms with van der Waals surface area (Å²) in [6.07, 6.45) is 1.20. The average molecular weight is 411 g/mol. The van der Waals surface area contributed by atoms with Crippen LogP contribution in [0.4, 0.5) is 0 Å². The topological polar surface area (TPSA) is 32.5 Å². The van der Waals surface area contributed by atoms with Gasteiger partial charge in [0.1, 0.15) is 0 Å². The predicted molar refractivity (Wildman–Crippen MR) is 89.8 cm³/mol. The van der Waals surface area contributed by atoms with E-state index < -0.39 is 0 Å². The van der Waals surface area contributed by atoms with E-state index in [2.05, 4.69) is 61.7 Å². The first kappa shape index (κ1) is 15.9.